The van der Waals surface area contributed by atoms with Crippen LogP contribution in [0.4, 0.5) is 8.78 Å². The fourth-order valence-corrected chi connectivity index (χ4v) is 1.66. The molecule has 0 fully saturated rings. The molecule has 0 aliphatic rings. The molecular weight excluding hydrogens is 236 g/mol. The standard InChI is InChI=1S/C13H15F2N3/c1-2-5-16-7-10-8-17-18(9-10)13-4-3-11(14)6-12(13)15/h3-4,6,8-9,16H,2,5,7H2,1H3. The molecule has 0 saturated carbocycles. The molecule has 0 bridgehead atoms. The monoisotopic (exact) mass is 251 g/mol. The lowest BCUT2D eigenvalue weighted by molar-refractivity contribution is 0.573. The summed E-state index contributed by atoms with van der Waals surface area (Å²) in [5.41, 5.74) is 1.21. The van der Waals surface area contributed by atoms with Gasteiger partial charge in [-0.3, -0.25) is 0 Å². The zero-order valence-corrected chi connectivity index (χ0v) is 10.2. The summed E-state index contributed by atoms with van der Waals surface area (Å²) in [4.78, 5) is 0. The number of nitrogens with zero attached hydrogens (tertiary/aromatic N) is 2. The molecule has 0 radical (unpaired) electrons. The summed E-state index contributed by atoms with van der Waals surface area (Å²) in [5, 5.41) is 7.30. The summed E-state index contributed by atoms with van der Waals surface area (Å²) in [7, 11) is 0. The van der Waals surface area contributed by atoms with E-state index in [1.54, 1.807) is 12.4 Å². The van der Waals surface area contributed by atoms with E-state index in [4.69, 9.17) is 0 Å². The number of halogens is 2. The first kappa shape index (κ1) is 12.7. The molecule has 0 aliphatic heterocycles. The van der Waals surface area contributed by atoms with E-state index in [-0.39, 0.29) is 5.69 Å². The van der Waals surface area contributed by atoms with Gasteiger partial charge in [0.1, 0.15) is 11.5 Å². The predicted octanol–water partition coefficient (Wildman–Crippen LogP) is 2.65. The molecule has 3 nitrogen and oxygen atoms in total. The van der Waals surface area contributed by atoms with Gasteiger partial charge in [0, 0.05) is 24.4 Å². The molecular formula is C13H15F2N3. The van der Waals surface area contributed by atoms with Crippen molar-refractivity contribution in [3.8, 4) is 5.69 Å². The Hall–Kier alpha value is -1.75. The van der Waals surface area contributed by atoms with E-state index in [2.05, 4.69) is 17.3 Å². The number of aromatic nitrogens is 2. The molecule has 18 heavy (non-hydrogen) atoms. The Morgan fingerprint density at radius 1 is 1.33 bits per heavy atom. The van der Waals surface area contributed by atoms with Crippen LogP contribution in [0.25, 0.3) is 5.69 Å². The van der Waals surface area contributed by atoms with Crippen LogP contribution in [0.1, 0.15) is 18.9 Å². The molecule has 2 rings (SSSR count). The van der Waals surface area contributed by atoms with Gasteiger partial charge in [-0.1, -0.05) is 6.92 Å². The van der Waals surface area contributed by atoms with E-state index < -0.39 is 11.6 Å². The molecule has 96 valence electrons. The summed E-state index contributed by atoms with van der Waals surface area (Å²) < 4.78 is 27.7. The molecule has 2 aromatic rings. The van der Waals surface area contributed by atoms with Crippen molar-refractivity contribution in [1.82, 2.24) is 15.1 Å². The van der Waals surface area contributed by atoms with Crippen LogP contribution in [0.5, 0.6) is 0 Å². The summed E-state index contributed by atoms with van der Waals surface area (Å²) in [6.07, 6.45) is 4.46. The molecule has 1 aromatic heterocycles. The minimum absolute atomic E-state index is 0.248. The van der Waals surface area contributed by atoms with Crippen LogP contribution in [-0.2, 0) is 6.54 Å². The van der Waals surface area contributed by atoms with Gasteiger partial charge in [0.2, 0.25) is 0 Å². The van der Waals surface area contributed by atoms with Crippen LogP contribution in [0.15, 0.2) is 30.6 Å². The van der Waals surface area contributed by atoms with Crippen LogP contribution < -0.4 is 5.32 Å². The van der Waals surface area contributed by atoms with E-state index in [1.165, 1.54) is 16.8 Å². The minimum Gasteiger partial charge on any atom is -0.313 e. The first-order chi connectivity index (χ1) is 8.70. The molecule has 0 saturated heterocycles. The van der Waals surface area contributed by atoms with Crippen LogP contribution in [0, 0.1) is 11.6 Å². The van der Waals surface area contributed by atoms with E-state index in [0.29, 0.717) is 6.54 Å². The van der Waals surface area contributed by atoms with Crippen molar-refractivity contribution in [1.29, 1.82) is 0 Å². The van der Waals surface area contributed by atoms with Crippen LogP contribution in [0.2, 0.25) is 0 Å². The Labute approximate surface area is 104 Å². The number of nitrogens with one attached hydrogen (secondary N) is 1. The lowest BCUT2D eigenvalue weighted by atomic mass is 10.3. The summed E-state index contributed by atoms with van der Waals surface area (Å²) in [5.74, 6) is -1.21. The second-order valence-corrected chi connectivity index (χ2v) is 4.07. The highest BCUT2D eigenvalue weighted by Crippen LogP contribution is 2.14. The zero-order valence-electron chi connectivity index (χ0n) is 10.2. The number of benzene rings is 1. The maximum absolute atomic E-state index is 13.5. The lowest BCUT2D eigenvalue weighted by Gasteiger charge is -2.02. The van der Waals surface area contributed by atoms with Gasteiger partial charge in [0.25, 0.3) is 0 Å². The molecule has 5 heteroatoms. The number of hydrogen-bond donors (Lipinski definition) is 1. The minimum atomic E-state index is -0.619. The highest BCUT2D eigenvalue weighted by atomic mass is 19.1. The Bertz CT molecular complexity index is 523. The predicted molar refractivity (Wildman–Crippen MR) is 65.5 cm³/mol. The Kier molecular flexibility index (Phi) is 4.04. The average molecular weight is 251 g/mol. The maximum Gasteiger partial charge on any atom is 0.151 e. The SMILES string of the molecule is CCCNCc1cnn(-c2ccc(F)cc2F)c1. The van der Waals surface area contributed by atoms with Crippen LogP contribution in [-0.4, -0.2) is 16.3 Å². The quantitative estimate of drug-likeness (QED) is 0.828. The second kappa shape index (κ2) is 5.73. The summed E-state index contributed by atoms with van der Waals surface area (Å²) in [6.45, 7) is 3.71. The topological polar surface area (TPSA) is 29.9 Å². The van der Waals surface area contributed by atoms with Crippen molar-refractivity contribution in [2.24, 2.45) is 0 Å². The van der Waals surface area contributed by atoms with E-state index in [9.17, 15) is 8.78 Å². The van der Waals surface area contributed by atoms with Crippen LogP contribution >= 0.6 is 0 Å². The normalized spacial score (nSPS) is 10.8. The van der Waals surface area contributed by atoms with Gasteiger partial charge in [-0.15, -0.1) is 0 Å². The summed E-state index contributed by atoms with van der Waals surface area (Å²) >= 11 is 0. The molecule has 0 aliphatic carbocycles. The van der Waals surface area contributed by atoms with Crippen molar-refractivity contribution >= 4 is 0 Å². The van der Waals surface area contributed by atoms with Gasteiger partial charge in [0.05, 0.1) is 6.20 Å². The highest BCUT2D eigenvalue weighted by molar-refractivity contribution is 5.33. The molecule has 1 heterocycles. The Morgan fingerprint density at radius 2 is 2.17 bits per heavy atom. The van der Waals surface area contributed by atoms with E-state index in [0.717, 1.165) is 24.6 Å². The largest absolute Gasteiger partial charge is 0.313 e. The third-order valence-electron chi connectivity index (χ3n) is 2.55. The van der Waals surface area contributed by atoms with Gasteiger partial charge in [-0.2, -0.15) is 5.10 Å². The summed E-state index contributed by atoms with van der Waals surface area (Å²) in [6, 6.07) is 3.45. The Balaban J connectivity index is 2.13. The molecule has 0 unspecified atom stereocenters. The number of rotatable bonds is 5. The maximum atomic E-state index is 13.5. The van der Waals surface area contributed by atoms with E-state index in [1.807, 2.05) is 0 Å². The average Bonchev–Trinajstić information content (AvgIpc) is 2.78. The van der Waals surface area contributed by atoms with E-state index >= 15 is 0 Å². The highest BCUT2D eigenvalue weighted by Gasteiger charge is 2.07. The third-order valence-corrected chi connectivity index (χ3v) is 2.55. The third kappa shape index (κ3) is 2.92. The van der Waals surface area contributed by atoms with Crippen molar-refractivity contribution in [2.45, 2.75) is 19.9 Å². The van der Waals surface area contributed by atoms with Gasteiger partial charge >= 0.3 is 0 Å². The molecule has 1 N–H and O–H groups in total. The van der Waals surface area contributed by atoms with Crippen molar-refractivity contribution < 1.29 is 8.78 Å². The second-order valence-electron chi connectivity index (χ2n) is 4.07. The first-order valence-electron chi connectivity index (χ1n) is 5.90. The molecule has 0 amide bonds. The first-order valence-corrected chi connectivity index (χ1v) is 5.90. The fourth-order valence-electron chi connectivity index (χ4n) is 1.66. The van der Waals surface area contributed by atoms with Gasteiger partial charge in [0.15, 0.2) is 5.82 Å². The van der Waals surface area contributed by atoms with Crippen molar-refractivity contribution in [3.05, 3.63) is 47.8 Å². The van der Waals surface area contributed by atoms with Gasteiger partial charge < -0.3 is 5.32 Å². The lowest BCUT2D eigenvalue weighted by Crippen LogP contribution is -2.13. The Morgan fingerprint density at radius 3 is 2.89 bits per heavy atom. The van der Waals surface area contributed by atoms with Crippen molar-refractivity contribution in [2.75, 3.05) is 6.54 Å². The smallest absolute Gasteiger partial charge is 0.151 e. The molecule has 1 aromatic carbocycles. The zero-order chi connectivity index (χ0) is 13.0. The number of hydrogen-bond acceptors (Lipinski definition) is 2. The fraction of sp³-hybridized carbons (Fsp3) is 0.308. The van der Waals surface area contributed by atoms with Crippen LogP contribution in [0.3, 0.4) is 0 Å². The van der Waals surface area contributed by atoms with Gasteiger partial charge in [-0.25, -0.2) is 13.5 Å². The van der Waals surface area contributed by atoms with Crippen molar-refractivity contribution in [3.63, 3.8) is 0 Å². The van der Waals surface area contributed by atoms with Gasteiger partial charge in [-0.05, 0) is 25.1 Å². The molecule has 0 atom stereocenters. The molecule has 0 spiro atoms.